The predicted octanol–water partition coefficient (Wildman–Crippen LogP) is 1.91. The number of anilines is 1. The molecule has 0 aliphatic rings. The van der Waals surface area contributed by atoms with Crippen LogP contribution in [-0.2, 0) is 4.79 Å². The number of carbonyl (C=O) groups is 2. The summed E-state index contributed by atoms with van der Waals surface area (Å²) in [6.07, 6.45) is 0.747. The Morgan fingerprint density at radius 1 is 1.29 bits per heavy atom. The van der Waals surface area contributed by atoms with Gasteiger partial charge in [-0.3, -0.25) is 9.59 Å². The van der Waals surface area contributed by atoms with Gasteiger partial charge in [0.1, 0.15) is 0 Å². The van der Waals surface area contributed by atoms with Crippen molar-refractivity contribution in [2.45, 2.75) is 27.2 Å². The van der Waals surface area contributed by atoms with E-state index in [-0.39, 0.29) is 17.7 Å². The van der Waals surface area contributed by atoms with E-state index < -0.39 is 0 Å². The van der Waals surface area contributed by atoms with Gasteiger partial charge in [0.15, 0.2) is 0 Å². The molecule has 1 atom stereocenters. The second kappa shape index (κ2) is 7.78. The molecule has 0 fully saturated rings. The molecule has 2 amide bonds. The number of hydrogen-bond acceptors (Lipinski definition) is 3. The van der Waals surface area contributed by atoms with Gasteiger partial charge in [-0.15, -0.1) is 0 Å². The summed E-state index contributed by atoms with van der Waals surface area (Å²) in [5.74, 6) is -0.0814. The van der Waals surface area contributed by atoms with E-state index in [0.29, 0.717) is 23.7 Å². The number of benzene rings is 1. The number of nitrogens with one attached hydrogen (secondary N) is 2. The molecule has 116 valence electrons. The molecule has 0 aromatic heterocycles. The number of rotatable bonds is 6. The van der Waals surface area contributed by atoms with Crippen molar-refractivity contribution in [2.24, 2.45) is 17.6 Å². The van der Waals surface area contributed by atoms with Crippen molar-refractivity contribution in [2.75, 3.05) is 18.9 Å². The highest BCUT2D eigenvalue weighted by Gasteiger charge is 2.19. The average Bonchev–Trinajstić information content (AvgIpc) is 2.45. The molecular formula is C16H25N3O2. The van der Waals surface area contributed by atoms with E-state index in [1.165, 1.54) is 0 Å². The van der Waals surface area contributed by atoms with Gasteiger partial charge in [0.25, 0.3) is 5.91 Å². The largest absolute Gasteiger partial charge is 0.355 e. The molecule has 0 aliphatic carbocycles. The molecule has 0 radical (unpaired) electrons. The van der Waals surface area contributed by atoms with E-state index >= 15 is 0 Å². The lowest BCUT2D eigenvalue weighted by Crippen LogP contribution is -2.30. The first kappa shape index (κ1) is 17.2. The lowest BCUT2D eigenvalue weighted by Gasteiger charge is -2.18. The van der Waals surface area contributed by atoms with Crippen molar-refractivity contribution in [3.8, 4) is 0 Å². The number of hydrogen-bond donors (Lipinski definition) is 3. The highest BCUT2D eigenvalue weighted by molar-refractivity contribution is 5.98. The molecule has 0 heterocycles. The SMILES string of the molecule is CNC(=O)c1ccc(C)c(NC(=O)C(CN)CC(C)C)c1. The number of carbonyl (C=O) groups excluding carboxylic acids is 2. The van der Waals surface area contributed by atoms with E-state index in [1.807, 2.05) is 13.0 Å². The fraction of sp³-hybridized carbons (Fsp3) is 0.500. The fourth-order valence-corrected chi connectivity index (χ4v) is 2.16. The van der Waals surface area contributed by atoms with Crippen LogP contribution in [0.25, 0.3) is 0 Å². The summed E-state index contributed by atoms with van der Waals surface area (Å²) in [6.45, 7) is 6.34. The van der Waals surface area contributed by atoms with Crippen molar-refractivity contribution in [1.29, 1.82) is 0 Å². The van der Waals surface area contributed by atoms with Gasteiger partial charge < -0.3 is 16.4 Å². The van der Waals surface area contributed by atoms with E-state index in [2.05, 4.69) is 24.5 Å². The van der Waals surface area contributed by atoms with Gasteiger partial charge in [-0.25, -0.2) is 0 Å². The van der Waals surface area contributed by atoms with Gasteiger partial charge in [0.2, 0.25) is 5.91 Å². The number of amides is 2. The summed E-state index contributed by atoms with van der Waals surface area (Å²) < 4.78 is 0. The highest BCUT2D eigenvalue weighted by Crippen LogP contribution is 2.19. The maximum Gasteiger partial charge on any atom is 0.251 e. The van der Waals surface area contributed by atoms with Crippen LogP contribution in [0.2, 0.25) is 0 Å². The highest BCUT2D eigenvalue weighted by atomic mass is 16.2. The third-order valence-electron chi connectivity index (χ3n) is 3.40. The van der Waals surface area contributed by atoms with Gasteiger partial charge in [-0.1, -0.05) is 19.9 Å². The van der Waals surface area contributed by atoms with Gasteiger partial charge >= 0.3 is 0 Å². The van der Waals surface area contributed by atoms with E-state index in [4.69, 9.17) is 5.73 Å². The molecule has 0 spiro atoms. The van der Waals surface area contributed by atoms with E-state index in [1.54, 1.807) is 19.2 Å². The zero-order valence-corrected chi connectivity index (χ0v) is 13.2. The van der Waals surface area contributed by atoms with Gasteiger partial charge in [0, 0.05) is 24.8 Å². The van der Waals surface area contributed by atoms with Crippen LogP contribution in [0.4, 0.5) is 5.69 Å². The number of nitrogens with two attached hydrogens (primary N) is 1. The zero-order chi connectivity index (χ0) is 16.0. The molecule has 21 heavy (non-hydrogen) atoms. The standard InChI is InChI=1S/C16H25N3O2/c1-10(2)7-13(9-17)16(21)19-14-8-12(15(20)18-4)6-5-11(14)3/h5-6,8,10,13H,7,9,17H2,1-4H3,(H,18,20)(H,19,21). The van der Waals surface area contributed by atoms with Crippen LogP contribution in [0.15, 0.2) is 18.2 Å². The van der Waals surface area contributed by atoms with Crippen LogP contribution < -0.4 is 16.4 Å². The summed E-state index contributed by atoms with van der Waals surface area (Å²) in [4.78, 5) is 23.9. The summed E-state index contributed by atoms with van der Waals surface area (Å²) in [5.41, 5.74) is 7.78. The lowest BCUT2D eigenvalue weighted by molar-refractivity contribution is -0.120. The Morgan fingerprint density at radius 3 is 2.48 bits per heavy atom. The molecule has 5 nitrogen and oxygen atoms in total. The minimum absolute atomic E-state index is 0.0941. The monoisotopic (exact) mass is 291 g/mol. The third kappa shape index (κ3) is 4.86. The normalized spacial score (nSPS) is 12.1. The minimum atomic E-state index is -0.215. The van der Waals surface area contributed by atoms with Crippen molar-refractivity contribution >= 4 is 17.5 Å². The first-order valence-electron chi connectivity index (χ1n) is 7.22. The quantitative estimate of drug-likeness (QED) is 0.748. The molecule has 1 aromatic carbocycles. The Hall–Kier alpha value is -1.88. The Morgan fingerprint density at radius 2 is 1.95 bits per heavy atom. The molecule has 0 aliphatic heterocycles. The zero-order valence-electron chi connectivity index (χ0n) is 13.2. The van der Waals surface area contributed by atoms with Gasteiger partial charge in [0.05, 0.1) is 5.92 Å². The smallest absolute Gasteiger partial charge is 0.251 e. The second-order valence-corrected chi connectivity index (χ2v) is 5.66. The molecule has 1 aromatic rings. The maximum atomic E-state index is 12.3. The van der Waals surface area contributed by atoms with Crippen molar-refractivity contribution in [3.05, 3.63) is 29.3 Å². The second-order valence-electron chi connectivity index (χ2n) is 5.66. The third-order valence-corrected chi connectivity index (χ3v) is 3.40. The molecule has 4 N–H and O–H groups in total. The lowest BCUT2D eigenvalue weighted by atomic mass is 9.96. The van der Waals surface area contributed by atoms with Gasteiger partial charge in [-0.2, -0.15) is 0 Å². The summed E-state index contributed by atoms with van der Waals surface area (Å²) in [7, 11) is 1.58. The molecule has 0 saturated carbocycles. The fourth-order valence-electron chi connectivity index (χ4n) is 2.16. The average molecular weight is 291 g/mol. The molecule has 5 heteroatoms. The summed E-state index contributed by atoms with van der Waals surface area (Å²) in [5, 5.41) is 5.46. The van der Waals surface area contributed by atoms with Crippen molar-refractivity contribution < 1.29 is 9.59 Å². The van der Waals surface area contributed by atoms with Crippen molar-refractivity contribution in [3.63, 3.8) is 0 Å². The topological polar surface area (TPSA) is 84.2 Å². The minimum Gasteiger partial charge on any atom is -0.355 e. The Balaban J connectivity index is 2.90. The molecule has 1 rings (SSSR count). The van der Waals surface area contributed by atoms with Crippen LogP contribution in [0.3, 0.4) is 0 Å². The first-order valence-corrected chi connectivity index (χ1v) is 7.22. The van der Waals surface area contributed by atoms with Crippen LogP contribution in [0.5, 0.6) is 0 Å². The summed E-state index contributed by atoms with van der Waals surface area (Å²) >= 11 is 0. The molecule has 0 saturated heterocycles. The van der Waals surface area contributed by atoms with Crippen LogP contribution in [0, 0.1) is 18.8 Å². The Kier molecular flexibility index (Phi) is 6.37. The van der Waals surface area contributed by atoms with Crippen molar-refractivity contribution in [1.82, 2.24) is 5.32 Å². The van der Waals surface area contributed by atoms with Gasteiger partial charge in [-0.05, 0) is 37.0 Å². The molecule has 0 bridgehead atoms. The molecule has 1 unspecified atom stereocenters. The van der Waals surface area contributed by atoms with Crippen LogP contribution >= 0.6 is 0 Å². The Labute approximate surface area is 126 Å². The predicted molar refractivity (Wildman–Crippen MR) is 85.2 cm³/mol. The van der Waals surface area contributed by atoms with Crippen LogP contribution in [-0.4, -0.2) is 25.4 Å². The van der Waals surface area contributed by atoms with E-state index in [9.17, 15) is 9.59 Å². The van der Waals surface area contributed by atoms with E-state index in [0.717, 1.165) is 12.0 Å². The number of aryl methyl sites for hydroxylation is 1. The molecular weight excluding hydrogens is 266 g/mol. The van der Waals surface area contributed by atoms with Crippen LogP contribution in [0.1, 0.15) is 36.2 Å². The first-order chi connectivity index (χ1) is 9.88. The maximum absolute atomic E-state index is 12.3. The Bertz CT molecular complexity index is 512. The summed E-state index contributed by atoms with van der Waals surface area (Å²) in [6, 6.07) is 5.24.